The number of likely N-dealkylation sites (N-methyl/N-ethyl adjacent to an activating group) is 1. The highest BCUT2D eigenvalue weighted by atomic mass is 79.9. The zero-order valence-corrected chi connectivity index (χ0v) is 14.0. The smallest absolute Gasteiger partial charge is 0.137 e. The van der Waals surface area contributed by atoms with Gasteiger partial charge in [-0.15, -0.1) is 11.3 Å². The second-order valence-corrected chi connectivity index (χ2v) is 6.71. The molecule has 0 radical (unpaired) electrons. The molecule has 0 aliphatic heterocycles. The highest BCUT2D eigenvalue weighted by Crippen LogP contribution is 2.22. The molecule has 1 atom stereocenters. The molecule has 0 fully saturated rings. The van der Waals surface area contributed by atoms with Gasteiger partial charge in [0.1, 0.15) is 5.82 Å². The van der Waals surface area contributed by atoms with Crippen molar-refractivity contribution in [3.63, 3.8) is 0 Å². The summed E-state index contributed by atoms with van der Waals surface area (Å²) < 4.78 is 13.7. The van der Waals surface area contributed by atoms with E-state index in [1.54, 1.807) is 11.3 Å². The maximum atomic E-state index is 13.2. The largest absolute Gasteiger partial charge is 0.311 e. The molecule has 20 heavy (non-hydrogen) atoms. The SMILES string of the molecule is CN(C)C(CNCc1ccc(F)c(Br)c1)c1cccs1. The summed E-state index contributed by atoms with van der Waals surface area (Å²) in [5.74, 6) is -0.224. The fourth-order valence-corrected chi connectivity index (χ4v) is 3.37. The molecule has 0 spiro atoms. The molecule has 0 saturated heterocycles. The van der Waals surface area contributed by atoms with Crippen LogP contribution in [-0.2, 0) is 6.54 Å². The molecule has 1 N–H and O–H groups in total. The molecule has 5 heteroatoms. The van der Waals surface area contributed by atoms with Crippen molar-refractivity contribution in [2.45, 2.75) is 12.6 Å². The molecule has 0 bridgehead atoms. The van der Waals surface area contributed by atoms with E-state index in [1.807, 2.05) is 12.1 Å². The van der Waals surface area contributed by atoms with E-state index < -0.39 is 0 Å². The fraction of sp³-hybridized carbons (Fsp3) is 0.333. The summed E-state index contributed by atoms with van der Waals surface area (Å²) >= 11 is 4.98. The van der Waals surface area contributed by atoms with Crippen LogP contribution in [-0.4, -0.2) is 25.5 Å². The van der Waals surface area contributed by atoms with Crippen LogP contribution in [0, 0.1) is 5.82 Å². The highest BCUT2D eigenvalue weighted by Gasteiger charge is 2.14. The van der Waals surface area contributed by atoms with Gasteiger partial charge in [-0.2, -0.15) is 0 Å². The van der Waals surface area contributed by atoms with Crippen LogP contribution in [0.4, 0.5) is 4.39 Å². The van der Waals surface area contributed by atoms with Crippen LogP contribution in [0.25, 0.3) is 0 Å². The Morgan fingerprint density at radius 3 is 2.75 bits per heavy atom. The lowest BCUT2D eigenvalue weighted by atomic mass is 10.2. The standard InChI is InChI=1S/C15H18BrFN2S/c1-19(2)14(15-4-3-7-20-15)10-18-9-11-5-6-13(17)12(16)8-11/h3-8,14,18H,9-10H2,1-2H3. The van der Waals surface area contributed by atoms with Gasteiger partial charge in [0.05, 0.1) is 10.5 Å². The predicted molar refractivity (Wildman–Crippen MR) is 86.6 cm³/mol. The zero-order valence-electron chi connectivity index (χ0n) is 11.6. The number of halogens is 2. The molecule has 0 aliphatic carbocycles. The minimum absolute atomic E-state index is 0.224. The van der Waals surface area contributed by atoms with Gasteiger partial charge in [0.15, 0.2) is 0 Å². The van der Waals surface area contributed by atoms with E-state index in [0.29, 0.717) is 10.5 Å². The summed E-state index contributed by atoms with van der Waals surface area (Å²) in [5.41, 5.74) is 1.07. The van der Waals surface area contributed by atoms with Gasteiger partial charge in [-0.25, -0.2) is 4.39 Å². The summed E-state index contributed by atoms with van der Waals surface area (Å²) in [7, 11) is 4.17. The third kappa shape index (κ3) is 4.12. The summed E-state index contributed by atoms with van der Waals surface area (Å²) in [6, 6.07) is 9.71. The Morgan fingerprint density at radius 2 is 2.15 bits per heavy atom. The van der Waals surface area contributed by atoms with Crippen molar-refractivity contribution in [1.82, 2.24) is 10.2 Å². The number of nitrogens with zero attached hydrogens (tertiary/aromatic N) is 1. The number of rotatable bonds is 6. The van der Waals surface area contributed by atoms with Crippen LogP contribution in [0.2, 0.25) is 0 Å². The number of thiophene rings is 1. The van der Waals surface area contributed by atoms with Crippen molar-refractivity contribution in [2.24, 2.45) is 0 Å². The van der Waals surface area contributed by atoms with Crippen molar-refractivity contribution in [1.29, 1.82) is 0 Å². The first kappa shape index (κ1) is 15.6. The Balaban J connectivity index is 1.92. The lowest BCUT2D eigenvalue weighted by molar-refractivity contribution is 0.292. The average Bonchev–Trinajstić information content (AvgIpc) is 2.92. The topological polar surface area (TPSA) is 15.3 Å². The Morgan fingerprint density at radius 1 is 1.35 bits per heavy atom. The summed E-state index contributed by atoms with van der Waals surface area (Å²) in [6.07, 6.45) is 0. The van der Waals surface area contributed by atoms with E-state index in [9.17, 15) is 4.39 Å². The Bertz CT molecular complexity index is 543. The van der Waals surface area contributed by atoms with Crippen LogP contribution in [0.5, 0.6) is 0 Å². The van der Waals surface area contributed by atoms with E-state index in [4.69, 9.17) is 0 Å². The summed E-state index contributed by atoms with van der Waals surface area (Å²) in [6.45, 7) is 1.59. The van der Waals surface area contributed by atoms with Gasteiger partial charge in [-0.3, -0.25) is 0 Å². The van der Waals surface area contributed by atoms with Crippen LogP contribution in [0.1, 0.15) is 16.5 Å². The van der Waals surface area contributed by atoms with Crippen LogP contribution in [0.15, 0.2) is 40.2 Å². The number of nitrogens with one attached hydrogen (secondary N) is 1. The molecule has 1 heterocycles. The van der Waals surface area contributed by atoms with Gasteiger partial charge in [0.25, 0.3) is 0 Å². The lowest BCUT2D eigenvalue weighted by Gasteiger charge is -2.23. The third-order valence-corrected chi connectivity index (χ3v) is 4.73. The van der Waals surface area contributed by atoms with Gasteiger partial charge >= 0.3 is 0 Å². The Kier molecular flexibility index (Phi) is 5.72. The molecular weight excluding hydrogens is 339 g/mol. The summed E-state index contributed by atoms with van der Waals surface area (Å²) in [5, 5.41) is 5.54. The molecule has 2 nitrogen and oxygen atoms in total. The molecule has 2 aromatic rings. The minimum atomic E-state index is -0.224. The predicted octanol–water partition coefficient (Wildman–Crippen LogP) is 4.04. The molecular formula is C15H18BrFN2S. The van der Waals surface area contributed by atoms with E-state index in [2.05, 4.69) is 57.8 Å². The molecule has 108 valence electrons. The quantitative estimate of drug-likeness (QED) is 0.839. The van der Waals surface area contributed by atoms with Crippen molar-refractivity contribution < 1.29 is 4.39 Å². The number of benzene rings is 1. The molecule has 0 aliphatic rings. The van der Waals surface area contributed by atoms with Crippen LogP contribution >= 0.6 is 27.3 Å². The second kappa shape index (κ2) is 7.31. The number of hydrogen-bond acceptors (Lipinski definition) is 3. The monoisotopic (exact) mass is 356 g/mol. The van der Waals surface area contributed by atoms with Crippen molar-refractivity contribution >= 4 is 27.3 Å². The van der Waals surface area contributed by atoms with E-state index in [-0.39, 0.29) is 5.82 Å². The minimum Gasteiger partial charge on any atom is -0.311 e. The first-order valence-electron chi connectivity index (χ1n) is 6.42. The second-order valence-electron chi connectivity index (χ2n) is 4.87. The Hall–Kier alpha value is -0.750. The average molecular weight is 357 g/mol. The van der Waals surface area contributed by atoms with Crippen LogP contribution in [0.3, 0.4) is 0 Å². The molecule has 0 saturated carbocycles. The molecule has 1 aromatic carbocycles. The molecule has 2 rings (SSSR count). The third-order valence-electron chi connectivity index (χ3n) is 3.15. The van der Waals surface area contributed by atoms with E-state index in [1.165, 1.54) is 10.9 Å². The fourth-order valence-electron chi connectivity index (χ4n) is 2.02. The van der Waals surface area contributed by atoms with Gasteiger partial charge in [0, 0.05) is 18.0 Å². The van der Waals surface area contributed by atoms with Crippen LogP contribution < -0.4 is 5.32 Å². The van der Waals surface area contributed by atoms with Crippen molar-refractivity contribution in [3.8, 4) is 0 Å². The van der Waals surface area contributed by atoms with E-state index in [0.717, 1.165) is 18.7 Å². The first-order valence-corrected chi connectivity index (χ1v) is 8.09. The van der Waals surface area contributed by atoms with E-state index >= 15 is 0 Å². The van der Waals surface area contributed by atoms with Gasteiger partial charge < -0.3 is 10.2 Å². The van der Waals surface area contributed by atoms with Gasteiger partial charge in [0.2, 0.25) is 0 Å². The lowest BCUT2D eigenvalue weighted by Crippen LogP contribution is -2.30. The van der Waals surface area contributed by atoms with Gasteiger partial charge in [-0.1, -0.05) is 12.1 Å². The zero-order chi connectivity index (χ0) is 14.5. The van der Waals surface area contributed by atoms with Crippen molar-refractivity contribution in [3.05, 3.63) is 56.4 Å². The Labute approximate surface area is 131 Å². The first-order chi connectivity index (χ1) is 9.58. The van der Waals surface area contributed by atoms with Crippen molar-refractivity contribution in [2.75, 3.05) is 20.6 Å². The number of hydrogen-bond donors (Lipinski definition) is 1. The highest BCUT2D eigenvalue weighted by molar-refractivity contribution is 9.10. The molecule has 0 amide bonds. The summed E-state index contributed by atoms with van der Waals surface area (Å²) in [4.78, 5) is 3.56. The molecule has 1 aromatic heterocycles. The normalized spacial score (nSPS) is 12.8. The maximum Gasteiger partial charge on any atom is 0.137 e. The van der Waals surface area contributed by atoms with Gasteiger partial charge in [-0.05, 0) is 59.2 Å². The maximum absolute atomic E-state index is 13.2. The molecule has 1 unspecified atom stereocenters.